The van der Waals surface area contributed by atoms with Crippen LogP contribution in [-0.2, 0) is 25.0 Å². The van der Waals surface area contributed by atoms with E-state index in [-0.39, 0.29) is 18.0 Å². The van der Waals surface area contributed by atoms with Gasteiger partial charge in [0.25, 0.3) is 0 Å². The van der Waals surface area contributed by atoms with Crippen molar-refractivity contribution in [2.75, 3.05) is 13.1 Å². The number of nitrogens with zero attached hydrogens (tertiary/aromatic N) is 1. The number of ether oxygens (including phenoxy) is 1. The zero-order chi connectivity index (χ0) is 24.5. The molecular weight excluding hydrogens is 446 g/mol. The van der Waals surface area contributed by atoms with Gasteiger partial charge in [0.1, 0.15) is 6.10 Å². The van der Waals surface area contributed by atoms with E-state index < -0.39 is 27.5 Å². The predicted molar refractivity (Wildman–Crippen MR) is 133 cm³/mol. The third-order valence-corrected chi connectivity index (χ3v) is 8.46. The fourth-order valence-electron chi connectivity index (χ4n) is 4.80. The molecule has 1 aliphatic heterocycles. The van der Waals surface area contributed by atoms with Gasteiger partial charge in [0, 0.05) is 25.3 Å². The predicted octanol–water partition coefficient (Wildman–Crippen LogP) is 4.92. The summed E-state index contributed by atoms with van der Waals surface area (Å²) in [6, 6.07) is 23.3. The average molecular weight is 478 g/mol. The van der Waals surface area contributed by atoms with Gasteiger partial charge in [-0.3, -0.25) is 4.79 Å². The normalized spacial score (nSPS) is 18.4. The van der Waals surface area contributed by atoms with E-state index in [1.165, 1.54) is 11.2 Å². The number of aryl methyl sites for hydroxylation is 3. The van der Waals surface area contributed by atoms with Crippen molar-refractivity contribution in [1.82, 2.24) is 4.31 Å². The second-order valence-corrected chi connectivity index (χ2v) is 11.3. The van der Waals surface area contributed by atoms with Gasteiger partial charge in [-0.15, -0.1) is 0 Å². The molecule has 0 bridgehead atoms. The second-order valence-electron chi connectivity index (χ2n) is 9.36. The molecule has 1 aliphatic rings. The summed E-state index contributed by atoms with van der Waals surface area (Å²) in [5, 5.41) is 0. The summed E-state index contributed by atoms with van der Waals surface area (Å²) >= 11 is 0. The van der Waals surface area contributed by atoms with E-state index in [2.05, 4.69) is 24.3 Å². The molecule has 0 unspecified atom stereocenters. The highest BCUT2D eigenvalue weighted by Gasteiger charge is 2.47. The Balaban J connectivity index is 1.88. The van der Waals surface area contributed by atoms with Crippen molar-refractivity contribution in [3.63, 3.8) is 0 Å². The van der Waals surface area contributed by atoms with Gasteiger partial charge in [0.2, 0.25) is 10.0 Å². The summed E-state index contributed by atoms with van der Waals surface area (Å²) in [6.07, 6.45) is -0.0763. The molecule has 0 spiro atoms. The van der Waals surface area contributed by atoms with Gasteiger partial charge in [-0.1, -0.05) is 77.4 Å². The molecule has 6 heteroatoms. The van der Waals surface area contributed by atoms with Crippen LogP contribution in [-0.4, -0.2) is 37.9 Å². The molecule has 178 valence electrons. The van der Waals surface area contributed by atoms with E-state index in [9.17, 15) is 13.2 Å². The van der Waals surface area contributed by atoms with E-state index in [1.54, 1.807) is 24.3 Å². The highest BCUT2D eigenvalue weighted by Crippen LogP contribution is 2.43. The molecule has 3 aromatic carbocycles. The summed E-state index contributed by atoms with van der Waals surface area (Å²) < 4.78 is 34.7. The first kappa shape index (κ1) is 24.2. The molecule has 0 N–H and O–H groups in total. The first-order valence-corrected chi connectivity index (χ1v) is 12.9. The van der Waals surface area contributed by atoms with Gasteiger partial charge in [-0.25, -0.2) is 8.42 Å². The summed E-state index contributed by atoms with van der Waals surface area (Å²) in [7, 11) is -3.81. The molecule has 0 radical (unpaired) electrons. The van der Waals surface area contributed by atoms with E-state index in [0.29, 0.717) is 6.42 Å². The maximum Gasteiger partial charge on any atom is 0.302 e. The number of piperidine rings is 1. The topological polar surface area (TPSA) is 63.7 Å². The molecule has 0 saturated carbocycles. The number of carbonyl (C=O) groups excluding carboxylic acids is 1. The Morgan fingerprint density at radius 2 is 1.26 bits per heavy atom. The summed E-state index contributed by atoms with van der Waals surface area (Å²) in [6.45, 7) is 7.72. The lowest BCUT2D eigenvalue weighted by atomic mass is 9.69. The Morgan fingerprint density at radius 1 is 0.824 bits per heavy atom. The third-order valence-electron chi connectivity index (χ3n) is 6.63. The molecule has 0 amide bonds. The molecule has 1 saturated heterocycles. The molecular formula is C28H31NO4S. The number of hydrogen-bond acceptors (Lipinski definition) is 4. The highest BCUT2D eigenvalue weighted by atomic mass is 32.2. The van der Waals surface area contributed by atoms with Crippen molar-refractivity contribution < 1.29 is 17.9 Å². The third kappa shape index (κ3) is 4.79. The maximum absolute atomic E-state index is 13.8. The van der Waals surface area contributed by atoms with Crippen LogP contribution >= 0.6 is 0 Å². The van der Waals surface area contributed by atoms with Crippen LogP contribution < -0.4 is 0 Å². The first-order valence-electron chi connectivity index (χ1n) is 11.5. The maximum atomic E-state index is 13.8. The van der Waals surface area contributed by atoms with Crippen molar-refractivity contribution in [2.45, 2.75) is 50.5 Å². The molecule has 1 fully saturated rings. The quantitative estimate of drug-likeness (QED) is 0.489. The van der Waals surface area contributed by atoms with Crippen LogP contribution in [0.4, 0.5) is 0 Å². The lowest BCUT2D eigenvalue weighted by Crippen LogP contribution is -2.55. The zero-order valence-corrected chi connectivity index (χ0v) is 20.9. The Hall–Kier alpha value is -2.96. The van der Waals surface area contributed by atoms with Crippen LogP contribution in [0.5, 0.6) is 0 Å². The molecule has 0 aliphatic carbocycles. The minimum atomic E-state index is -3.81. The van der Waals surface area contributed by atoms with Gasteiger partial charge in [0.05, 0.1) is 11.4 Å². The van der Waals surface area contributed by atoms with Crippen molar-refractivity contribution >= 4 is 16.0 Å². The van der Waals surface area contributed by atoms with Crippen LogP contribution in [0, 0.1) is 20.8 Å². The Bertz CT molecular complexity index is 1220. The fourth-order valence-corrected chi connectivity index (χ4v) is 6.33. The SMILES string of the molecule is CC(=O)O[C@H]1CN(S(=O)(=O)c2ccc(C)cc2)CC(c2ccc(C)cc2)(c2ccc(C)cc2)C1. The molecule has 1 atom stereocenters. The molecule has 34 heavy (non-hydrogen) atoms. The van der Waals surface area contributed by atoms with Crippen LogP contribution in [0.1, 0.15) is 41.2 Å². The molecule has 3 aromatic rings. The fraction of sp³-hybridized carbons (Fsp3) is 0.321. The number of sulfonamides is 1. The lowest BCUT2D eigenvalue weighted by Gasteiger charge is -2.46. The summed E-state index contributed by atoms with van der Waals surface area (Å²) in [4.78, 5) is 12.2. The van der Waals surface area contributed by atoms with Crippen molar-refractivity contribution in [3.05, 3.63) is 101 Å². The van der Waals surface area contributed by atoms with Gasteiger partial charge < -0.3 is 4.74 Å². The largest absolute Gasteiger partial charge is 0.461 e. The van der Waals surface area contributed by atoms with Crippen molar-refractivity contribution in [1.29, 1.82) is 0 Å². The van der Waals surface area contributed by atoms with Crippen LogP contribution in [0.15, 0.2) is 77.7 Å². The van der Waals surface area contributed by atoms with Crippen LogP contribution in [0.3, 0.4) is 0 Å². The molecule has 4 rings (SSSR count). The number of hydrogen-bond donors (Lipinski definition) is 0. The summed E-state index contributed by atoms with van der Waals surface area (Å²) in [5.41, 5.74) is 4.57. The molecule has 1 heterocycles. The van der Waals surface area contributed by atoms with Crippen LogP contribution in [0.2, 0.25) is 0 Å². The second kappa shape index (κ2) is 9.35. The lowest BCUT2D eigenvalue weighted by molar-refractivity contribution is -0.149. The summed E-state index contributed by atoms with van der Waals surface area (Å²) in [5.74, 6) is -0.415. The highest BCUT2D eigenvalue weighted by molar-refractivity contribution is 7.89. The standard InChI is InChI=1S/C28H31NO4S/c1-20-5-11-24(12-6-20)28(25-13-7-21(2)8-14-25)17-26(33-23(4)30)18-29(19-28)34(31,32)27-15-9-22(3)10-16-27/h5-16,26H,17-19H2,1-4H3/t26-/m1/s1. The first-order chi connectivity index (χ1) is 16.1. The van der Waals surface area contributed by atoms with Gasteiger partial charge in [-0.05, 0) is 44.0 Å². The Kier molecular flexibility index (Phi) is 6.65. The number of esters is 1. The molecule has 5 nitrogen and oxygen atoms in total. The van der Waals surface area contributed by atoms with Gasteiger partial charge in [0.15, 0.2) is 0 Å². The van der Waals surface area contributed by atoms with Crippen molar-refractivity contribution in [3.8, 4) is 0 Å². The van der Waals surface area contributed by atoms with Crippen molar-refractivity contribution in [2.24, 2.45) is 0 Å². The smallest absolute Gasteiger partial charge is 0.302 e. The number of carbonyl (C=O) groups is 1. The average Bonchev–Trinajstić information content (AvgIpc) is 2.79. The Morgan fingerprint density at radius 3 is 1.71 bits per heavy atom. The number of benzene rings is 3. The zero-order valence-electron chi connectivity index (χ0n) is 20.1. The van der Waals surface area contributed by atoms with E-state index in [4.69, 9.17) is 4.74 Å². The van der Waals surface area contributed by atoms with Crippen LogP contribution in [0.25, 0.3) is 0 Å². The van der Waals surface area contributed by atoms with E-state index in [0.717, 1.165) is 27.8 Å². The van der Waals surface area contributed by atoms with E-state index in [1.807, 2.05) is 45.0 Å². The minimum Gasteiger partial charge on any atom is -0.461 e. The molecule has 0 aromatic heterocycles. The van der Waals surface area contributed by atoms with E-state index >= 15 is 0 Å². The monoisotopic (exact) mass is 477 g/mol. The Labute approximate surface area is 202 Å². The number of rotatable bonds is 5. The van der Waals surface area contributed by atoms with Gasteiger partial charge in [-0.2, -0.15) is 4.31 Å². The van der Waals surface area contributed by atoms with Gasteiger partial charge >= 0.3 is 5.97 Å². The minimum absolute atomic E-state index is 0.120.